The normalized spacial score (nSPS) is 12.3. The number of nitrogens with one attached hydrogen (secondary N) is 1. The van der Waals surface area contributed by atoms with Crippen LogP contribution in [0.5, 0.6) is 5.75 Å². The summed E-state index contributed by atoms with van der Waals surface area (Å²) >= 11 is 0. The van der Waals surface area contributed by atoms with E-state index in [2.05, 4.69) is 5.32 Å². The van der Waals surface area contributed by atoms with Crippen LogP contribution in [0.25, 0.3) is 0 Å². The van der Waals surface area contributed by atoms with Crippen molar-refractivity contribution < 1.29 is 9.50 Å². The summed E-state index contributed by atoms with van der Waals surface area (Å²) in [7, 11) is 0. The number of hydrogen-bond acceptors (Lipinski definition) is 2. The number of benzene rings is 2. The molecule has 2 aromatic carbocycles. The van der Waals surface area contributed by atoms with Gasteiger partial charge in [0.05, 0.1) is 0 Å². The third kappa shape index (κ3) is 3.81. The van der Waals surface area contributed by atoms with Crippen molar-refractivity contribution in [1.82, 2.24) is 5.32 Å². The molecule has 2 rings (SSSR count). The molecule has 1 unspecified atom stereocenters. The number of phenolic OH excluding ortho intramolecular Hbond substituents is 1. The van der Waals surface area contributed by atoms with E-state index >= 15 is 0 Å². The molecule has 20 heavy (non-hydrogen) atoms. The van der Waals surface area contributed by atoms with Gasteiger partial charge >= 0.3 is 0 Å². The number of rotatable bonds is 5. The summed E-state index contributed by atoms with van der Waals surface area (Å²) in [5.74, 6) is 0.117. The zero-order valence-corrected chi connectivity index (χ0v) is 11.9. The van der Waals surface area contributed by atoms with Crippen LogP contribution in [0, 0.1) is 12.7 Å². The second-order valence-electron chi connectivity index (χ2n) is 5.11. The van der Waals surface area contributed by atoms with Gasteiger partial charge in [-0.1, -0.05) is 24.3 Å². The van der Waals surface area contributed by atoms with Crippen LogP contribution >= 0.6 is 0 Å². The number of halogens is 1. The average Bonchev–Trinajstić information content (AvgIpc) is 2.41. The predicted molar refractivity (Wildman–Crippen MR) is 79.4 cm³/mol. The summed E-state index contributed by atoms with van der Waals surface area (Å²) in [5.41, 5.74) is 3.04. The van der Waals surface area contributed by atoms with Crippen LogP contribution in [-0.4, -0.2) is 11.7 Å². The van der Waals surface area contributed by atoms with Crippen molar-refractivity contribution in [2.45, 2.75) is 26.3 Å². The number of phenols is 1. The molecule has 0 bridgehead atoms. The minimum atomic E-state index is -0.209. The topological polar surface area (TPSA) is 32.3 Å². The SMILES string of the molecule is Cc1ccc(C(C)NCCc2ccc(F)cc2)c(O)c1. The van der Waals surface area contributed by atoms with Gasteiger partial charge in [0.25, 0.3) is 0 Å². The molecule has 0 heterocycles. The van der Waals surface area contributed by atoms with Crippen molar-refractivity contribution in [3.05, 3.63) is 65.0 Å². The number of aromatic hydroxyl groups is 1. The fourth-order valence-corrected chi connectivity index (χ4v) is 2.21. The molecule has 0 saturated carbocycles. The molecule has 2 nitrogen and oxygen atoms in total. The highest BCUT2D eigenvalue weighted by Gasteiger charge is 2.09. The first-order valence-corrected chi connectivity index (χ1v) is 6.83. The molecule has 0 aliphatic heterocycles. The third-order valence-electron chi connectivity index (χ3n) is 3.43. The van der Waals surface area contributed by atoms with Crippen LogP contribution in [0.4, 0.5) is 4.39 Å². The maximum atomic E-state index is 12.8. The zero-order chi connectivity index (χ0) is 14.5. The third-order valence-corrected chi connectivity index (χ3v) is 3.43. The van der Waals surface area contributed by atoms with Gasteiger partial charge in [0.1, 0.15) is 11.6 Å². The molecule has 0 radical (unpaired) electrons. The minimum Gasteiger partial charge on any atom is -0.508 e. The molecule has 106 valence electrons. The van der Waals surface area contributed by atoms with Gasteiger partial charge in [-0.25, -0.2) is 4.39 Å². The quantitative estimate of drug-likeness (QED) is 0.870. The Labute approximate surface area is 119 Å². The lowest BCUT2D eigenvalue weighted by molar-refractivity contribution is 0.452. The van der Waals surface area contributed by atoms with E-state index in [0.717, 1.165) is 29.7 Å². The average molecular weight is 273 g/mol. The molecule has 0 aromatic heterocycles. The molecule has 0 saturated heterocycles. The first kappa shape index (κ1) is 14.5. The highest BCUT2D eigenvalue weighted by Crippen LogP contribution is 2.24. The van der Waals surface area contributed by atoms with Crippen LogP contribution in [0.15, 0.2) is 42.5 Å². The summed E-state index contributed by atoms with van der Waals surface area (Å²) in [6, 6.07) is 12.3. The summed E-state index contributed by atoms with van der Waals surface area (Å²) in [6.07, 6.45) is 0.831. The summed E-state index contributed by atoms with van der Waals surface area (Å²) < 4.78 is 12.8. The Kier molecular flexibility index (Phi) is 4.74. The largest absolute Gasteiger partial charge is 0.508 e. The Hall–Kier alpha value is -1.87. The second-order valence-corrected chi connectivity index (χ2v) is 5.11. The molecule has 0 spiro atoms. The van der Waals surface area contributed by atoms with E-state index in [1.165, 1.54) is 12.1 Å². The van der Waals surface area contributed by atoms with Gasteiger partial charge in [0, 0.05) is 11.6 Å². The molecule has 0 amide bonds. The molecular weight excluding hydrogens is 253 g/mol. The lowest BCUT2D eigenvalue weighted by atomic mass is 10.0. The molecule has 2 N–H and O–H groups in total. The van der Waals surface area contributed by atoms with Crippen molar-refractivity contribution in [3.8, 4) is 5.75 Å². The first-order valence-electron chi connectivity index (χ1n) is 6.83. The Morgan fingerprint density at radius 3 is 2.50 bits per heavy atom. The van der Waals surface area contributed by atoms with E-state index < -0.39 is 0 Å². The van der Waals surface area contributed by atoms with E-state index in [9.17, 15) is 9.50 Å². The highest BCUT2D eigenvalue weighted by atomic mass is 19.1. The first-order chi connectivity index (χ1) is 9.56. The van der Waals surface area contributed by atoms with Crippen molar-refractivity contribution >= 4 is 0 Å². The fourth-order valence-electron chi connectivity index (χ4n) is 2.21. The van der Waals surface area contributed by atoms with Gasteiger partial charge in [-0.05, 0) is 56.1 Å². The van der Waals surface area contributed by atoms with Gasteiger partial charge in [-0.3, -0.25) is 0 Å². The number of hydrogen-bond donors (Lipinski definition) is 2. The molecule has 0 fully saturated rings. The molecule has 0 aliphatic carbocycles. The summed E-state index contributed by atoms with van der Waals surface area (Å²) in [6.45, 7) is 4.76. The lowest BCUT2D eigenvalue weighted by Gasteiger charge is -2.16. The van der Waals surface area contributed by atoms with E-state index in [-0.39, 0.29) is 11.9 Å². The highest BCUT2D eigenvalue weighted by molar-refractivity contribution is 5.37. The monoisotopic (exact) mass is 273 g/mol. The van der Waals surface area contributed by atoms with Crippen LogP contribution < -0.4 is 5.32 Å². The lowest BCUT2D eigenvalue weighted by Crippen LogP contribution is -2.21. The van der Waals surface area contributed by atoms with Crippen molar-refractivity contribution in [1.29, 1.82) is 0 Å². The minimum absolute atomic E-state index is 0.0797. The summed E-state index contributed by atoms with van der Waals surface area (Å²) in [4.78, 5) is 0. The fraction of sp³-hybridized carbons (Fsp3) is 0.294. The standard InChI is InChI=1S/C17H20FNO/c1-12-3-8-16(17(20)11-12)13(2)19-10-9-14-4-6-15(18)7-5-14/h3-8,11,13,19-20H,9-10H2,1-2H3. The van der Waals surface area contributed by atoms with Gasteiger partial charge in [-0.2, -0.15) is 0 Å². The van der Waals surface area contributed by atoms with Crippen molar-refractivity contribution in [2.75, 3.05) is 6.54 Å². The molecular formula is C17H20FNO. The predicted octanol–water partition coefficient (Wildman–Crippen LogP) is 3.73. The van der Waals surface area contributed by atoms with E-state index in [1.807, 2.05) is 26.0 Å². The Morgan fingerprint density at radius 2 is 1.85 bits per heavy atom. The molecule has 0 aliphatic rings. The maximum Gasteiger partial charge on any atom is 0.123 e. The van der Waals surface area contributed by atoms with Crippen molar-refractivity contribution in [2.24, 2.45) is 0 Å². The van der Waals surface area contributed by atoms with E-state index in [0.29, 0.717) is 5.75 Å². The van der Waals surface area contributed by atoms with Crippen LogP contribution in [0.3, 0.4) is 0 Å². The van der Waals surface area contributed by atoms with Gasteiger partial charge < -0.3 is 10.4 Å². The van der Waals surface area contributed by atoms with Crippen LogP contribution in [0.2, 0.25) is 0 Å². The zero-order valence-electron chi connectivity index (χ0n) is 11.9. The van der Waals surface area contributed by atoms with Gasteiger partial charge in [-0.15, -0.1) is 0 Å². The Balaban J connectivity index is 1.88. The van der Waals surface area contributed by atoms with Crippen LogP contribution in [-0.2, 0) is 6.42 Å². The summed E-state index contributed by atoms with van der Waals surface area (Å²) in [5, 5.41) is 13.3. The molecule has 2 aromatic rings. The molecule has 3 heteroatoms. The Bertz CT molecular complexity index is 566. The van der Waals surface area contributed by atoms with Gasteiger partial charge in [0.15, 0.2) is 0 Å². The number of aryl methyl sites for hydroxylation is 1. The second kappa shape index (κ2) is 6.53. The van der Waals surface area contributed by atoms with E-state index in [1.54, 1.807) is 18.2 Å². The molecule has 1 atom stereocenters. The smallest absolute Gasteiger partial charge is 0.123 e. The Morgan fingerprint density at radius 1 is 1.15 bits per heavy atom. The van der Waals surface area contributed by atoms with Crippen molar-refractivity contribution in [3.63, 3.8) is 0 Å². The maximum absolute atomic E-state index is 12.8. The van der Waals surface area contributed by atoms with Gasteiger partial charge in [0.2, 0.25) is 0 Å². The van der Waals surface area contributed by atoms with Crippen LogP contribution in [0.1, 0.15) is 29.7 Å². The van der Waals surface area contributed by atoms with E-state index in [4.69, 9.17) is 0 Å².